The zero-order valence-corrected chi connectivity index (χ0v) is 10.7. The van der Waals surface area contributed by atoms with Crippen LogP contribution in [0.3, 0.4) is 0 Å². The van der Waals surface area contributed by atoms with E-state index in [0.717, 1.165) is 0 Å². The molecule has 1 atom stereocenters. The highest BCUT2D eigenvalue weighted by Gasteiger charge is 2.21. The molecule has 0 aliphatic carbocycles. The largest absolute Gasteiger partial charge is 0.399 e. The molecule has 0 radical (unpaired) electrons. The van der Waals surface area contributed by atoms with Gasteiger partial charge in [0.2, 0.25) is 0 Å². The Morgan fingerprint density at radius 1 is 1.50 bits per heavy atom. The first-order valence-electron chi connectivity index (χ1n) is 4.67. The number of anilines is 1. The van der Waals surface area contributed by atoms with Crippen LogP contribution >= 0.6 is 11.6 Å². The molecule has 1 unspecified atom stereocenters. The molecule has 0 aromatic heterocycles. The Kier molecular flexibility index (Phi) is 4.18. The summed E-state index contributed by atoms with van der Waals surface area (Å²) < 4.78 is 28.8. The van der Waals surface area contributed by atoms with Gasteiger partial charge < -0.3 is 10.5 Å². The van der Waals surface area contributed by atoms with E-state index in [1.807, 2.05) is 0 Å². The van der Waals surface area contributed by atoms with Gasteiger partial charge in [0.15, 0.2) is 9.84 Å². The molecule has 0 saturated heterocycles. The molecule has 4 nitrogen and oxygen atoms in total. The summed E-state index contributed by atoms with van der Waals surface area (Å²) in [6.45, 7) is 1.68. The molecule has 0 spiro atoms. The lowest BCUT2D eigenvalue weighted by atomic mass is 10.3. The highest BCUT2D eigenvalue weighted by atomic mass is 35.5. The Morgan fingerprint density at radius 2 is 2.12 bits per heavy atom. The van der Waals surface area contributed by atoms with Crippen LogP contribution in [0, 0.1) is 0 Å². The number of halogens is 1. The van der Waals surface area contributed by atoms with Crippen molar-refractivity contribution in [1.29, 1.82) is 0 Å². The molecule has 1 aromatic carbocycles. The van der Waals surface area contributed by atoms with Crippen molar-refractivity contribution in [3.8, 4) is 0 Å². The first kappa shape index (κ1) is 13.3. The van der Waals surface area contributed by atoms with Crippen LogP contribution in [0.4, 0.5) is 5.69 Å². The lowest BCUT2D eigenvalue weighted by Gasteiger charge is -2.11. The van der Waals surface area contributed by atoms with Crippen LogP contribution in [-0.4, -0.2) is 27.4 Å². The summed E-state index contributed by atoms with van der Waals surface area (Å²) in [5.74, 6) is -0.104. The van der Waals surface area contributed by atoms with E-state index in [0.29, 0.717) is 5.69 Å². The molecule has 16 heavy (non-hydrogen) atoms. The molecule has 0 aliphatic heterocycles. The number of nitrogen functional groups attached to an aromatic ring is 1. The van der Waals surface area contributed by atoms with Crippen molar-refractivity contribution in [2.75, 3.05) is 18.6 Å². The van der Waals surface area contributed by atoms with Gasteiger partial charge >= 0.3 is 0 Å². The van der Waals surface area contributed by atoms with E-state index in [2.05, 4.69) is 0 Å². The number of sulfone groups is 1. The second-order valence-corrected chi connectivity index (χ2v) is 5.93. The third kappa shape index (κ3) is 3.10. The van der Waals surface area contributed by atoms with Crippen molar-refractivity contribution in [3.63, 3.8) is 0 Å². The van der Waals surface area contributed by atoms with Gasteiger partial charge in [-0.15, -0.1) is 0 Å². The molecule has 1 rings (SSSR count). The molecular weight excluding hydrogens is 250 g/mol. The average Bonchev–Trinajstić information content (AvgIpc) is 2.16. The van der Waals surface area contributed by atoms with Crippen LogP contribution in [0.1, 0.15) is 6.92 Å². The fraction of sp³-hybridized carbons (Fsp3) is 0.400. The zero-order chi connectivity index (χ0) is 12.3. The maximum absolute atomic E-state index is 11.9. The van der Waals surface area contributed by atoms with Crippen LogP contribution in [-0.2, 0) is 14.6 Å². The van der Waals surface area contributed by atoms with E-state index in [1.165, 1.54) is 25.3 Å². The molecule has 0 fully saturated rings. The van der Waals surface area contributed by atoms with Crippen LogP contribution in [0.25, 0.3) is 0 Å². The van der Waals surface area contributed by atoms with Crippen molar-refractivity contribution >= 4 is 27.1 Å². The summed E-state index contributed by atoms with van der Waals surface area (Å²) in [7, 11) is -1.97. The van der Waals surface area contributed by atoms with Crippen molar-refractivity contribution in [1.82, 2.24) is 0 Å². The van der Waals surface area contributed by atoms with Crippen molar-refractivity contribution in [2.45, 2.75) is 17.9 Å². The average molecular weight is 264 g/mol. The number of rotatable bonds is 4. The van der Waals surface area contributed by atoms with Crippen LogP contribution in [0.5, 0.6) is 0 Å². The molecule has 0 saturated carbocycles. The zero-order valence-electron chi connectivity index (χ0n) is 9.10. The van der Waals surface area contributed by atoms with E-state index >= 15 is 0 Å². The van der Waals surface area contributed by atoms with Crippen molar-refractivity contribution < 1.29 is 13.2 Å². The maximum Gasteiger partial charge on any atom is 0.182 e. The Bertz CT molecular complexity index is 473. The fourth-order valence-corrected chi connectivity index (χ4v) is 3.34. The third-order valence-corrected chi connectivity index (χ3v) is 4.51. The van der Waals surface area contributed by atoms with Crippen molar-refractivity contribution in [3.05, 3.63) is 23.2 Å². The summed E-state index contributed by atoms with van der Waals surface area (Å²) in [6.07, 6.45) is -0.376. The summed E-state index contributed by atoms with van der Waals surface area (Å²) in [5, 5.41) is 0.142. The molecule has 6 heteroatoms. The lowest BCUT2D eigenvalue weighted by molar-refractivity contribution is 0.136. The van der Waals surface area contributed by atoms with Crippen molar-refractivity contribution in [2.24, 2.45) is 0 Å². The summed E-state index contributed by atoms with van der Waals surface area (Å²) >= 11 is 5.84. The lowest BCUT2D eigenvalue weighted by Crippen LogP contribution is -2.20. The van der Waals surface area contributed by atoms with E-state index in [-0.39, 0.29) is 21.8 Å². The van der Waals surface area contributed by atoms with Crippen LogP contribution in [0.2, 0.25) is 5.02 Å². The minimum atomic E-state index is -3.43. The van der Waals surface area contributed by atoms with Gasteiger partial charge in [-0.05, 0) is 25.1 Å². The molecule has 0 heterocycles. The highest BCUT2D eigenvalue weighted by molar-refractivity contribution is 7.91. The molecule has 0 amide bonds. The summed E-state index contributed by atoms with van der Waals surface area (Å²) in [5.41, 5.74) is 5.93. The van der Waals surface area contributed by atoms with E-state index in [1.54, 1.807) is 6.92 Å². The summed E-state index contributed by atoms with van der Waals surface area (Å²) in [6, 6.07) is 4.34. The van der Waals surface area contributed by atoms with E-state index < -0.39 is 9.84 Å². The van der Waals surface area contributed by atoms with Gasteiger partial charge in [0.25, 0.3) is 0 Å². The topological polar surface area (TPSA) is 69.4 Å². The smallest absolute Gasteiger partial charge is 0.182 e. The van der Waals surface area contributed by atoms with Gasteiger partial charge in [0.05, 0.1) is 21.8 Å². The third-order valence-electron chi connectivity index (χ3n) is 2.15. The number of hydrogen-bond acceptors (Lipinski definition) is 4. The molecule has 0 aliphatic rings. The molecule has 0 bridgehead atoms. The second-order valence-electron chi connectivity index (χ2n) is 3.52. The first-order chi connectivity index (χ1) is 7.36. The van der Waals surface area contributed by atoms with Gasteiger partial charge in [-0.25, -0.2) is 8.42 Å². The molecule has 2 N–H and O–H groups in total. The fourth-order valence-electron chi connectivity index (χ4n) is 1.24. The number of ether oxygens (including phenoxy) is 1. The predicted molar refractivity (Wildman–Crippen MR) is 64.4 cm³/mol. The number of methoxy groups -OCH3 is 1. The van der Waals surface area contributed by atoms with E-state index in [4.69, 9.17) is 22.1 Å². The predicted octanol–water partition coefficient (Wildman–Crippen LogP) is 1.73. The Morgan fingerprint density at radius 3 is 2.62 bits per heavy atom. The standard InChI is InChI=1S/C10H14ClNO3S/c1-7(15-2)6-16(13,14)10-4-3-8(12)5-9(10)11/h3-5,7H,6,12H2,1-2H3. The van der Waals surface area contributed by atoms with Gasteiger partial charge in [-0.1, -0.05) is 11.6 Å². The normalized spacial score (nSPS) is 13.7. The monoisotopic (exact) mass is 263 g/mol. The van der Waals surface area contributed by atoms with Crippen LogP contribution < -0.4 is 5.73 Å². The minimum absolute atomic E-state index is 0.0901. The second kappa shape index (κ2) is 5.03. The van der Waals surface area contributed by atoms with Gasteiger partial charge in [-0.2, -0.15) is 0 Å². The minimum Gasteiger partial charge on any atom is -0.399 e. The summed E-state index contributed by atoms with van der Waals surface area (Å²) in [4.78, 5) is 0.0901. The first-order valence-corrected chi connectivity index (χ1v) is 6.70. The number of benzene rings is 1. The highest BCUT2D eigenvalue weighted by Crippen LogP contribution is 2.25. The van der Waals surface area contributed by atoms with Crippen LogP contribution in [0.15, 0.2) is 23.1 Å². The maximum atomic E-state index is 11.9. The van der Waals surface area contributed by atoms with E-state index in [9.17, 15) is 8.42 Å². The van der Waals surface area contributed by atoms with Gasteiger partial charge in [0.1, 0.15) is 0 Å². The SMILES string of the molecule is COC(C)CS(=O)(=O)c1ccc(N)cc1Cl. The Hall–Kier alpha value is -0.780. The molecular formula is C10H14ClNO3S. The Balaban J connectivity index is 3.08. The molecule has 1 aromatic rings. The molecule has 90 valence electrons. The quantitative estimate of drug-likeness (QED) is 0.840. The Labute approximate surface area is 100 Å². The van der Waals surface area contributed by atoms with Gasteiger partial charge in [-0.3, -0.25) is 0 Å². The van der Waals surface area contributed by atoms with Gasteiger partial charge in [0, 0.05) is 12.8 Å². The number of nitrogens with two attached hydrogens (primary N) is 1. The number of hydrogen-bond donors (Lipinski definition) is 1.